The smallest absolute Gasteiger partial charge is 0.412 e. The molecule has 0 atom stereocenters. The predicted octanol–water partition coefficient (Wildman–Crippen LogP) is 3.01. The molecule has 0 radical (unpaired) electrons. The van der Waals surface area contributed by atoms with E-state index in [-0.39, 0.29) is 6.61 Å². The normalized spacial score (nSPS) is 11.6. The number of hydrogen-bond acceptors (Lipinski definition) is 3. The van der Waals surface area contributed by atoms with E-state index < -0.39 is 11.7 Å². The van der Waals surface area contributed by atoms with Gasteiger partial charge in [0.15, 0.2) is 0 Å². The summed E-state index contributed by atoms with van der Waals surface area (Å²) in [7, 11) is 0. The number of anilines is 1. The van der Waals surface area contributed by atoms with Gasteiger partial charge in [-0.1, -0.05) is 6.07 Å². The summed E-state index contributed by atoms with van der Waals surface area (Å²) in [6.07, 6.45) is 1.21. The molecule has 0 aliphatic heterocycles. The topological polar surface area (TPSA) is 74.3 Å². The number of carbonyl (C=O) groups is 1. The van der Waals surface area contributed by atoms with Crippen LogP contribution < -0.4 is 5.32 Å². The molecule has 0 bridgehead atoms. The van der Waals surface area contributed by atoms with Gasteiger partial charge in [0, 0.05) is 17.1 Å². The van der Waals surface area contributed by atoms with Gasteiger partial charge in [-0.3, -0.25) is 5.32 Å². The van der Waals surface area contributed by atoms with Crippen molar-refractivity contribution in [1.29, 1.82) is 0 Å². The van der Waals surface area contributed by atoms with E-state index in [1.54, 1.807) is 6.20 Å². The van der Waals surface area contributed by atoms with E-state index in [2.05, 4.69) is 10.3 Å². The number of aromatic amines is 1. The van der Waals surface area contributed by atoms with Crippen LogP contribution in [0.3, 0.4) is 0 Å². The Hall–Kier alpha value is -2.01. The molecule has 0 spiro atoms. The van der Waals surface area contributed by atoms with Crippen LogP contribution in [0.15, 0.2) is 24.4 Å². The minimum atomic E-state index is -0.535. The van der Waals surface area contributed by atoms with E-state index in [1.165, 1.54) is 0 Å². The molecule has 0 aliphatic carbocycles. The molecule has 19 heavy (non-hydrogen) atoms. The van der Waals surface area contributed by atoms with Crippen molar-refractivity contribution in [2.75, 3.05) is 5.32 Å². The zero-order chi connectivity index (χ0) is 14.0. The molecule has 2 aromatic rings. The number of H-pyrrole nitrogens is 1. The Morgan fingerprint density at radius 3 is 2.79 bits per heavy atom. The van der Waals surface area contributed by atoms with E-state index in [1.807, 2.05) is 39.0 Å². The van der Waals surface area contributed by atoms with E-state index >= 15 is 0 Å². The molecule has 2 rings (SSSR count). The highest BCUT2D eigenvalue weighted by Crippen LogP contribution is 2.25. The van der Waals surface area contributed by atoms with Gasteiger partial charge < -0.3 is 14.8 Å². The molecule has 5 nitrogen and oxygen atoms in total. The van der Waals surface area contributed by atoms with Crippen LogP contribution in [-0.2, 0) is 11.3 Å². The maximum absolute atomic E-state index is 11.7. The lowest BCUT2D eigenvalue weighted by atomic mass is 10.1. The molecule has 1 heterocycles. The first-order valence-electron chi connectivity index (χ1n) is 6.10. The zero-order valence-electron chi connectivity index (χ0n) is 11.3. The quantitative estimate of drug-likeness (QED) is 0.778. The average molecular weight is 262 g/mol. The van der Waals surface area contributed by atoms with Gasteiger partial charge >= 0.3 is 6.09 Å². The lowest BCUT2D eigenvalue weighted by molar-refractivity contribution is 0.0636. The van der Waals surface area contributed by atoms with E-state index in [0.717, 1.165) is 16.5 Å². The van der Waals surface area contributed by atoms with Gasteiger partial charge in [-0.05, 0) is 38.5 Å². The summed E-state index contributed by atoms with van der Waals surface area (Å²) >= 11 is 0. The molecule has 1 amide bonds. The first-order chi connectivity index (χ1) is 8.89. The number of amides is 1. The summed E-state index contributed by atoms with van der Waals surface area (Å²) in [5.41, 5.74) is 1.79. The molecule has 0 fully saturated rings. The van der Waals surface area contributed by atoms with Crippen molar-refractivity contribution in [3.05, 3.63) is 30.0 Å². The largest absolute Gasteiger partial charge is 0.444 e. The lowest BCUT2D eigenvalue weighted by Crippen LogP contribution is -2.27. The number of carbonyl (C=O) groups excluding carboxylic acids is 1. The first kappa shape index (κ1) is 13.4. The molecule has 5 heteroatoms. The molecule has 1 aromatic carbocycles. The van der Waals surface area contributed by atoms with E-state index in [4.69, 9.17) is 9.84 Å². The Morgan fingerprint density at radius 2 is 2.16 bits per heavy atom. The van der Waals surface area contributed by atoms with Gasteiger partial charge in [-0.25, -0.2) is 4.79 Å². The summed E-state index contributed by atoms with van der Waals surface area (Å²) in [6, 6.07) is 5.52. The number of fused-ring (bicyclic) bond motifs is 1. The fourth-order valence-corrected chi connectivity index (χ4v) is 1.78. The van der Waals surface area contributed by atoms with Crippen molar-refractivity contribution in [2.24, 2.45) is 0 Å². The van der Waals surface area contributed by atoms with Gasteiger partial charge in [0.25, 0.3) is 0 Å². The Balaban J connectivity index is 2.23. The third-order valence-electron chi connectivity index (χ3n) is 2.56. The van der Waals surface area contributed by atoms with Gasteiger partial charge in [0.1, 0.15) is 5.60 Å². The Labute approximate surface area is 111 Å². The van der Waals surface area contributed by atoms with Crippen LogP contribution >= 0.6 is 0 Å². The highest BCUT2D eigenvalue weighted by molar-refractivity contribution is 5.99. The fraction of sp³-hybridized carbons (Fsp3) is 0.357. The summed E-state index contributed by atoms with van der Waals surface area (Å²) in [5.74, 6) is 0. The summed E-state index contributed by atoms with van der Waals surface area (Å²) in [6.45, 7) is 5.40. The molecule has 0 saturated carbocycles. The van der Waals surface area contributed by atoms with Crippen LogP contribution in [0, 0.1) is 0 Å². The monoisotopic (exact) mass is 262 g/mol. The van der Waals surface area contributed by atoms with Gasteiger partial charge in [-0.15, -0.1) is 0 Å². The first-order valence-corrected chi connectivity index (χ1v) is 6.10. The number of ether oxygens (including phenoxy) is 1. The average Bonchev–Trinajstić information content (AvgIpc) is 2.69. The van der Waals surface area contributed by atoms with Crippen molar-refractivity contribution >= 4 is 22.7 Å². The molecule has 102 valence electrons. The molecule has 1 aromatic heterocycles. The number of aromatic nitrogens is 1. The summed E-state index contributed by atoms with van der Waals surface area (Å²) < 4.78 is 5.20. The number of rotatable bonds is 2. The second-order valence-electron chi connectivity index (χ2n) is 5.37. The van der Waals surface area contributed by atoms with Crippen LogP contribution in [0.1, 0.15) is 26.3 Å². The van der Waals surface area contributed by atoms with Crippen LogP contribution in [0.5, 0.6) is 0 Å². The van der Waals surface area contributed by atoms with Gasteiger partial charge in [0.2, 0.25) is 0 Å². The zero-order valence-corrected chi connectivity index (χ0v) is 11.3. The van der Waals surface area contributed by atoms with Crippen molar-refractivity contribution < 1.29 is 14.6 Å². The molecule has 3 N–H and O–H groups in total. The number of hydrogen-bond donors (Lipinski definition) is 3. The second-order valence-corrected chi connectivity index (χ2v) is 5.37. The molecular weight excluding hydrogens is 244 g/mol. The van der Waals surface area contributed by atoms with E-state index in [0.29, 0.717) is 5.69 Å². The molecule has 0 aliphatic rings. The van der Waals surface area contributed by atoms with Gasteiger partial charge in [-0.2, -0.15) is 0 Å². The maximum atomic E-state index is 11.7. The third kappa shape index (κ3) is 3.26. The summed E-state index contributed by atoms with van der Waals surface area (Å²) in [4.78, 5) is 14.8. The van der Waals surface area contributed by atoms with Crippen molar-refractivity contribution in [2.45, 2.75) is 33.0 Å². The van der Waals surface area contributed by atoms with Crippen LogP contribution in [0.25, 0.3) is 10.9 Å². The van der Waals surface area contributed by atoms with Crippen molar-refractivity contribution in [3.8, 4) is 0 Å². The van der Waals surface area contributed by atoms with Crippen LogP contribution in [-0.4, -0.2) is 21.8 Å². The second kappa shape index (κ2) is 4.93. The SMILES string of the molecule is CC(C)(C)OC(=O)Nc1c[nH]c2ccc(CO)cc12. The molecule has 0 unspecified atom stereocenters. The fourth-order valence-electron chi connectivity index (χ4n) is 1.78. The Kier molecular flexibility index (Phi) is 3.48. The number of benzene rings is 1. The number of nitrogens with one attached hydrogen (secondary N) is 2. The standard InChI is InChI=1S/C14H18N2O3/c1-14(2,3)19-13(18)16-12-7-15-11-5-4-9(8-17)6-10(11)12/h4-7,15,17H,8H2,1-3H3,(H,16,18). The van der Waals surface area contributed by atoms with E-state index in [9.17, 15) is 4.79 Å². The van der Waals surface area contributed by atoms with Gasteiger partial charge in [0.05, 0.1) is 12.3 Å². The molecular formula is C14H18N2O3. The number of aliphatic hydroxyl groups excluding tert-OH is 1. The van der Waals surface area contributed by atoms with Crippen LogP contribution in [0.4, 0.5) is 10.5 Å². The van der Waals surface area contributed by atoms with Crippen molar-refractivity contribution in [1.82, 2.24) is 4.98 Å². The molecule has 0 saturated heterocycles. The minimum absolute atomic E-state index is 0.0347. The highest BCUT2D eigenvalue weighted by atomic mass is 16.6. The predicted molar refractivity (Wildman–Crippen MR) is 74.1 cm³/mol. The maximum Gasteiger partial charge on any atom is 0.412 e. The minimum Gasteiger partial charge on any atom is -0.444 e. The summed E-state index contributed by atoms with van der Waals surface area (Å²) in [5, 5.41) is 12.7. The Bertz CT molecular complexity index is 596. The Morgan fingerprint density at radius 1 is 1.42 bits per heavy atom. The van der Waals surface area contributed by atoms with Crippen molar-refractivity contribution in [3.63, 3.8) is 0 Å². The van der Waals surface area contributed by atoms with Crippen LogP contribution in [0.2, 0.25) is 0 Å². The number of aliphatic hydroxyl groups is 1. The third-order valence-corrected chi connectivity index (χ3v) is 2.56. The lowest BCUT2D eigenvalue weighted by Gasteiger charge is -2.19. The highest BCUT2D eigenvalue weighted by Gasteiger charge is 2.17.